The number of benzene rings is 1. The van der Waals surface area contributed by atoms with Crippen molar-refractivity contribution >= 4 is 54.0 Å². The van der Waals surface area contributed by atoms with Crippen LogP contribution in [-0.4, -0.2) is 36.2 Å². The number of para-hydroxylation sites is 1. The molecule has 1 aliphatic rings. The minimum atomic E-state index is -3.70. The first kappa shape index (κ1) is 17.5. The smallest absolute Gasteiger partial charge is 0.253 e. The van der Waals surface area contributed by atoms with E-state index in [4.69, 9.17) is 0 Å². The number of carbonyl (C=O) groups excluding carboxylic acids is 1. The molecule has 1 fully saturated rings. The van der Waals surface area contributed by atoms with Gasteiger partial charge in [0.15, 0.2) is 5.13 Å². The maximum Gasteiger partial charge on any atom is 0.253 e. The fourth-order valence-corrected chi connectivity index (χ4v) is 6.63. The zero-order chi connectivity index (χ0) is 18.3. The van der Waals surface area contributed by atoms with Gasteiger partial charge in [-0.05, 0) is 36.4 Å². The summed E-state index contributed by atoms with van der Waals surface area (Å²) >= 11 is 2.28. The molecule has 26 heavy (non-hydrogen) atoms. The number of nitrogens with one attached hydrogen (secondary N) is 1. The van der Waals surface area contributed by atoms with Crippen LogP contribution in [0.2, 0.25) is 0 Å². The highest BCUT2D eigenvalue weighted by Crippen LogP contribution is 2.31. The summed E-state index contributed by atoms with van der Waals surface area (Å²) in [6.45, 7) is 0.298. The molecule has 0 unspecified atom stereocenters. The van der Waals surface area contributed by atoms with Crippen molar-refractivity contribution in [2.45, 2.75) is 23.1 Å². The van der Waals surface area contributed by atoms with Gasteiger partial charge in [-0.25, -0.2) is 17.8 Å². The summed E-state index contributed by atoms with van der Waals surface area (Å²) in [7, 11) is -3.70. The largest absolute Gasteiger partial charge is 0.301 e. The second-order valence-corrected chi connectivity index (χ2v) is 9.90. The zero-order valence-corrected chi connectivity index (χ0v) is 15.8. The summed E-state index contributed by atoms with van der Waals surface area (Å²) in [4.78, 5) is 16.8. The number of hydrogen-bond acceptors (Lipinski definition) is 6. The number of carbonyl (C=O) groups is 1. The van der Waals surface area contributed by atoms with Gasteiger partial charge < -0.3 is 5.32 Å². The van der Waals surface area contributed by atoms with Crippen LogP contribution in [0.25, 0.3) is 10.2 Å². The molecule has 1 saturated heterocycles. The van der Waals surface area contributed by atoms with Crippen molar-refractivity contribution in [2.75, 3.05) is 11.9 Å². The van der Waals surface area contributed by atoms with E-state index in [1.54, 1.807) is 23.6 Å². The number of sulfonamides is 1. The van der Waals surface area contributed by atoms with Gasteiger partial charge in [0.25, 0.3) is 10.0 Å². The average molecular weight is 412 g/mol. The van der Waals surface area contributed by atoms with Gasteiger partial charge in [-0.3, -0.25) is 4.79 Å². The summed E-state index contributed by atoms with van der Waals surface area (Å²) in [6, 6.07) is 7.00. The first-order chi connectivity index (χ1) is 12.5. The third-order valence-electron chi connectivity index (χ3n) is 4.16. The molecule has 0 bridgehead atoms. The van der Waals surface area contributed by atoms with Crippen LogP contribution in [0.5, 0.6) is 0 Å². The monoisotopic (exact) mass is 411 g/mol. The standard InChI is InChI=1S/C16H14FN3O3S3/c17-10-4-1-6-12-14(10)18-16(25-12)19-15(21)11-5-2-8-20(11)26(22,23)13-7-3-9-24-13/h1,3-4,6-7,9,11H,2,5,8H2,(H,18,19,21)/t11-/m1/s1. The molecule has 1 aliphatic heterocycles. The van der Waals surface area contributed by atoms with E-state index in [1.807, 2.05) is 0 Å². The van der Waals surface area contributed by atoms with Gasteiger partial charge in [-0.2, -0.15) is 4.31 Å². The van der Waals surface area contributed by atoms with Crippen LogP contribution in [0.3, 0.4) is 0 Å². The Bertz CT molecular complexity index is 1060. The maximum atomic E-state index is 13.8. The minimum Gasteiger partial charge on any atom is -0.301 e. The molecule has 0 spiro atoms. The van der Waals surface area contributed by atoms with Gasteiger partial charge in [0.1, 0.15) is 21.6 Å². The van der Waals surface area contributed by atoms with Crippen LogP contribution in [0.15, 0.2) is 39.9 Å². The number of hydrogen-bond donors (Lipinski definition) is 1. The molecule has 6 nitrogen and oxygen atoms in total. The third kappa shape index (κ3) is 3.02. The molecular formula is C16H14FN3O3S3. The Hall–Kier alpha value is -1.88. The first-order valence-electron chi connectivity index (χ1n) is 7.88. The number of amides is 1. The Balaban J connectivity index is 1.58. The molecule has 0 aliphatic carbocycles. The summed E-state index contributed by atoms with van der Waals surface area (Å²) in [5.41, 5.74) is 0.197. The predicted molar refractivity (Wildman–Crippen MR) is 99.4 cm³/mol. The highest BCUT2D eigenvalue weighted by Gasteiger charge is 2.40. The van der Waals surface area contributed by atoms with Crippen molar-refractivity contribution in [3.8, 4) is 0 Å². The Morgan fingerprint density at radius 1 is 1.31 bits per heavy atom. The number of anilines is 1. The third-order valence-corrected chi connectivity index (χ3v) is 8.38. The molecule has 1 amide bonds. The number of thiazole rings is 1. The average Bonchev–Trinajstić information content (AvgIpc) is 3.35. The molecule has 0 radical (unpaired) electrons. The Morgan fingerprint density at radius 2 is 2.15 bits per heavy atom. The van der Waals surface area contributed by atoms with Crippen LogP contribution >= 0.6 is 22.7 Å². The van der Waals surface area contributed by atoms with Gasteiger partial charge in [-0.15, -0.1) is 11.3 Å². The van der Waals surface area contributed by atoms with Gasteiger partial charge in [-0.1, -0.05) is 23.5 Å². The van der Waals surface area contributed by atoms with E-state index in [1.165, 1.54) is 16.4 Å². The summed E-state index contributed by atoms with van der Waals surface area (Å²) in [6.07, 6.45) is 1.05. The lowest BCUT2D eigenvalue weighted by Crippen LogP contribution is -2.42. The quantitative estimate of drug-likeness (QED) is 0.715. The molecule has 10 heteroatoms. The number of halogens is 1. The molecular weight excluding hydrogens is 397 g/mol. The summed E-state index contributed by atoms with van der Waals surface area (Å²) in [5, 5.41) is 4.59. The Morgan fingerprint density at radius 3 is 2.88 bits per heavy atom. The normalized spacial score (nSPS) is 18.4. The van der Waals surface area contributed by atoms with Crippen LogP contribution in [-0.2, 0) is 14.8 Å². The van der Waals surface area contributed by atoms with Crippen molar-refractivity contribution in [1.29, 1.82) is 0 Å². The SMILES string of the molecule is O=C(Nc1nc2c(F)cccc2s1)[C@H]1CCCN1S(=O)(=O)c1cccs1. The summed E-state index contributed by atoms with van der Waals surface area (Å²) in [5.74, 6) is -0.899. The second-order valence-electron chi connectivity index (χ2n) is 5.80. The molecule has 0 saturated carbocycles. The van der Waals surface area contributed by atoms with E-state index >= 15 is 0 Å². The van der Waals surface area contributed by atoms with Crippen LogP contribution in [0.4, 0.5) is 9.52 Å². The number of rotatable bonds is 4. The molecule has 136 valence electrons. The molecule has 3 heterocycles. The van der Waals surface area contributed by atoms with Crippen molar-refractivity contribution in [3.05, 3.63) is 41.5 Å². The number of fused-ring (bicyclic) bond motifs is 1. The predicted octanol–water partition coefficient (Wildman–Crippen LogP) is 3.29. The molecule has 1 atom stereocenters. The van der Waals surface area contributed by atoms with Crippen LogP contribution < -0.4 is 5.32 Å². The number of thiophene rings is 1. The summed E-state index contributed by atoms with van der Waals surface area (Å²) < 4.78 is 41.3. The van der Waals surface area contributed by atoms with Crippen molar-refractivity contribution in [3.63, 3.8) is 0 Å². The fraction of sp³-hybridized carbons (Fsp3) is 0.250. The zero-order valence-electron chi connectivity index (χ0n) is 13.4. The molecule has 1 aromatic carbocycles. The van der Waals surface area contributed by atoms with E-state index in [0.29, 0.717) is 24.1 Å². The molecule has 2 aromatic heterocycles. The van der Waals surface area contributed by atoms with Gasteiger partial charge in [0, 0.05) is 6.54 Å². The lowest BCUT2D eigenvalue weighted by atomic mass is 10.2. The number of nitrogens with zero attached hydrogens (tertiary/aromatic N) is 2. The van der Waals surface area contributed by atoms with Crippen LogP contribution in [0.1, 0.15) is 12.8 Å². The van der Waals surface area contributed by atoms with E-state index < -0.39 is 27.8 Å². The van der Waals surface area contributed by atoms with E-state index in [9.17, 15) is 17.6 Å². The molecule has 4 rings (SSSR count). The fourth-order valence-electron chi connectivity index (χ4n) is 2.97. The van der Waals surface area contributed by atoms with Crippen molar-refractivity contribution in [1.82, 2.24) is 9.29 Å². The Kier molecular flexibility index (Phi) is 4.51. The van der Waals surface area contributed by atoms with Gasteiger partial charge >= 0.3 is 0 Å². The lowest BCUT2D eigenvalue weighted by molar-refractivity contribution is -0.119. The topological polar surface area (TPSA) is 79.4 Å². The first-order valence-corrected chi connectivity index (χ1v) is 11.0. The van der Waals surface area contributed by atoms with Crippen LogP contribution in [0, 0.1) is 5.82 Å². The molecule has 3 aromatic rings. The van der Waals surface area contributed by atoms with E-state index in [0.717, 1.165) is 22.7 Å². The van der Waals surface area contributed by atoms with Crippen molar-refractivity contribution in [2.24, 2.45) is 0 Å². The van der Waals surface area contributed by atoms with E-state index in [2.05, 4.69) is 10.3 Å². The Labute approximate surface area is 157 Å². The van der Waals surface area contributed by atoms with Gasteiger partial charge in [0.2, 0.25) is 5.91 Å². The second kappa shape index (κ2) is 6.69. The minimum absolute atomic E-state index is 0.197. The van der Waals surface area contributed by atoms with Gasteiger partial charge in [0.05, 0.1) is 4.70 Å². The number of aromatic nitrogens is 1. The van der Waals surface area contributed by atoms with E-state index in [-0.39, 0.29) is 14.9 Å². The molecule has 1 N–H and O–H groups in total. The highest BCUT2D eigenvalue weighted by atomic mass is 32.2. The van der Waals surface area contributed by atoms with Crippen molar-refractivity contribution < 1.29 is 17.6 Å². The lowest BCUT2D eigenvalue weighted by Gasteiger charge is -2.22. The maximum absolute atomic E-state index is 13.8. The highest BCUT2D eigenvalue weighted by molar-refractivity contribution is 7.91.